The molecule has 148 valence electrons. The Morgan fingerprint density at radius 1 is 1.00 bits per heavy atom. The highest BCUT2D eigenvalue weighted by Gasteiger charge is 2.29. The Kier molecular flexibility index (Phi) is 6.47. The van der Waals surface area contributed by atoms with Crippen molar-refractivity contribution < 1.29 is 9.53 Å². The third-order valence-electron chi connectivity index (χ3n) is 5.05. The average Bonchev–Trinajstić information content (AvgIpc) is 2.79. The van der Waals surface area contributed by atoms with Crippen LogP contribution in [0.5, 0.6) is 0 Å². The number of carbonyl (C=O) groups is 1. The number of ether oxygens (including phenoxy) is 1. The molecule has 0 bridgehead atoms. The molecule has 1 saturated heterocycles. The lowest BCUT2D eigenvalue weighted by molar-refractivity contribution is 0.0678. The minimum atomic E-state index is -0.249. The van der Waals surface area contributed by atoms with Gasteiger partial charge in [0.2, 0.25) is 0 Å². The fourth-order valence-electron chi connectivity index (χ4n) is 3.56. The maximum Gasteiger partial charge on any atom is 0.410 e. The van der Waals surface area contributed by atoms with Crippen molar-refractivity contribution >= 4 is 17.9 Å². The SMILES string of the molecule is O=C(OCc1ccccc1)N1CCCC[C@H]1c1ccc(Sc2ccccc2)nc1. The monoisotopic (exact) mass is 404 g/mol. The first kappa shape index (κ1) is 19.5. The summed E-state index contributed by atoms with van der Waals surface area (Å²) in [5.41, 5.74) is 2.07. The second kappa shape index (κ2) is 9.61. The van der Waals surface area contributed by atoms with Gasteiger partial charge in [0.25, 0.3) is 0 Å². The predicted octanol–water partition coefficient (Wildman–Crippen LogP) is 6.10. The molecule has 1 aliphatic rings. The van der Waals surface area contributed by atoms with Crippen LogP contribution in [0, 0.1) is 0 Å². The Morgan fingerprint density at radius 3 is 2.48 bits per heavy atom. The molecule has 0 spiro atoms. The van der Waals surface area contributed by atoms with Crippen molar-refractivity contribution in [1.29, 1.82) is 0 Å². The number of rotatable bonds is 5. The molecule has 4 nitrogen and oxygen atoms in total. The third kappa shape index (κ3) is 5.18. The Morgan fingerprint density at radius 2 is 1.76 bits per heavy atom. The van der Waals surface area contributed by atoms with E-state index >= 15 is 0 Å². The van der Waals surface area contributed by atoms with Gasteiger partial charge in [0.05, 0.1) is 6.04 Å². The summed E-state index contributed by atoms with van der Waals surface area (Å²) in [5, 5.41) is 0.953. The van der Waals surface area contributed by atoms with Gasteiger partial charge in [-0.25, -0.2) is 9.78 Å². The number of hydrogen-bond donors (Lipinski definition) is 0. The molecule has 5 heteroatoms. The molecule has 1 aromatic heterocycles. The molecule has 2 aromatic carbocycles. The largest absolute Gasteiger partial charge is 0.445 e. The van der Waals surface area contributed by atoms with Crippen LogP contribution in [0.25, 0.3) is 0 Å². The molecule has 0 saturated carbocycles. The quantitative estimate of drug-likeness (QED) is 0.515. The molecule has 0 aliphatic carbocycles. The van der Waals surface area contributed by atoms with Crippen molar-refractivity contribution in [3.8, 4) is 0 Å². The van der Waals surface area contributed by atoms with Gasteiger partial charge in [0.1, 0.15) is 11.6 Å². The van der Waals surface area contributed by atoms with Crippen LogP contribution in [0.3, 0.4) is 0 Å². The molecular weight excluding hydrogens is 380 g/mol. The highest BCUT2D eigenvalue weighted by molar-refractivity contribution is 7.99. The molecule has 0 unspecified atom stereocenters. The topological polar surface area (TPSA) is 42.4 Å². The van der Waals surface area contributed by atoms with Crippen LogP contribution < -0.4 is 0 Å². The van der Waals surface area contributed by atoms with Crippen molar-refractivity contribution in [2.75, 3.05) is 6.54 Å². The number of carbonyl (C=O) groups excluding carboxylic acids is 1. The van der Waals surface area contributed by atoms with Crippen LogP contribution in [0.2, 0.25) is 0 Å². The third-order valence-corrected chi connectivity index (χ3v) is 6.01. The first-order valence-electron chi connectivity index (χ1n) is 9.96. The summed E-state index contributed by atoms with van der Waals surface area (Å²) in [6.45, 7) is 1.02. The fourth-order valence-corrected chi connectivity index (χ4v) is 4.33. The van der Waals surface area contributed by atoms with Crippen LogP contribution in [-0.2, 0) is 11.3 Å². The number of aromatic nitrogens is 1. The molecule has 1 amide bonds. The molecule has 4 rings (SSSR count). The van der Waals surface area contributed by atoms with Gasteiger partial charge in [-0.1, -0.05) is 66.4 Å². The summed E-state index contributed by atoms with van der Waals surface area (Å²) in [7, 11) is 0. The lowest BCUT2D eigenvalue weighted by Gasteiger charge is -2.35. The van der Waals surface area contributed by atoms with Crippen LogP contribution in [0.15, 0.2) is 88.9 Å². The number of likely N-dealkylation sites (tertiary alicyclic amines) is 1. The van der Waals surface area contributed by atoms with E-state index in [-0.39, 0.29) is 12.1 Å². The van der Waals surface area contributed by atoms with Gasteiger partial charge < -0.3 is 9.64 Å². The number of amides is 1. The van der Waals surface area contributed by atoms with Crippen molar-refractivity contribution in [3.63, 3.8) is 0 Å². The summed E-state index contributed by atoms with van der Waals surface area (Å²) in [6, 6.07) is 24.2. The zero-order valence-electron chi connectivity index (χ0n) is 16.2. The minimum absolute atomic E-state index is 0.0234. The van der Waals surface area contributed by atoms with Crippen molar-refractivity contribution in [2.24, 2.45) is 0 Å². The second-order valence-corrected chi connectivity index (χ2v) is 8.18. The lowest BCUT2D eigenvalue weighted by atomic mass is 9.97. The molecule has 0 N–H and O–H groups in total. The van der Waals surface area contributed by atoms with E-state index in [0.717, 1.165) is 46.9 Å². The summed E-state index contributed by atoms with van der Waals surface area (Å²) in [6.07, 6.45) is 4.70. The molecule has 3 aromatic rings. The van der Waals surface area contributed by atoms with E-state index in [1.165, 1.54) is 0 Å². The summed E-state index contributed by atoms with van der Waals surface area (Å²) < 4.78 is 5.58. The zero-order valence-corrected chi connectivity index (χ0v) is 17.1. The molecule has 1 aliphatic heterocycles. The van der Waals surface area contributed by atoms with Crippen molar-refractivity contribution in [2.45, 2.75) is 41.8 Å². The summed E-state index contributed by atoms with van der Waals surface area (Å²) >= 11 is 1.64. The van der Waals surface area contributed by atoms with E-state index < -0.39 is 0 Å². The van der Waals surface area contributed by atoms with E-state index in [4.69, 9.17) is 4.74 Å². The molecule has 1 fully saturated rings. The molecule has 1 atom stereocenters. The predicted molar refractivity (Wildman–Crippen MR) is 115 cm³/mol. The number of nitrogens with zero attached hydrogens (tertiary/aromatic N) is 2. The number of hydrogen-bond acceptors (Lipinski definition) is 4. The second-order valence-electron chi connectivity index (χ2n) is 7.09. The van der Waals surface area contributed by atoms with Crippen molar-refractivity contribution in [1.82, 2.24) is 9.88 Å². The average molecular weight is 405 g/mol. The van der Waals surface area contributed by atoms with Gasteiger partial charge in [-0.3, -0.25) is 0 Å². The Balaban J connectivity index is 1.42. The molecular formula is C24H24N2O2S. The standard InChI is InChI=1S/C24H24N2O2S/c27-24(28-18-19-9-3-1-4-10-19)26-16-8-7-13-22(26)20-14-15-23(25-17-20)29-21-11-5-2-6-12-21/h1-6,9-12,14-15,17,22H,7-8,13,16,18H2/t22-/m0/s1. The Bertz CT molecular complexity index is 917. The smallest absolute Gasteiger partial charge is 0.410 e. The minimum Gasteiger partial charge on any atom is -0.445 e. The van der Waals surface area contributed by atoms with Gasteiger partial charge in [0.15, 0.2) is 0 Å². The maximum atomic E-state index is 12.7. The van der Waals surface area contributed by atoms with Crippen molar-refractivity contribution in [3.05, 3.63) is 90.1 Å². The summed E-state index contributed by atoms with van der Waals surface area (Å²) in [4.78, 5) is 20.4. The number of pyridine rings is 1. The van der Waals surface area contributed by atoms with Gasteiger partial charge in [-0.2, -0.15) is 0 Å². The van der Waals surface area contributed by atoms with E-state index in [9.17, 15) is 4.79 Å². The highest BCUT2D eigenvalue weighted by atomic mass is 32.2. The molecule has 0 radical (unpaired) electrons. The van der Waals surface area contributed by atoms with E-state index in [1.54, 1.807) is 11.8 Å². The van der Waals surface area contributed by atoms with Gasteiger partial charge in [-0.05, 0) is 48.6 Å². The number of benzene rings is 2. The number of piperidine rings is 1. The van der Waals surface area contributed by atoms with Crippen LogP contribution >= 0.6 is 11.8 Å². The van der Waals surface area contributed by atoms with Gasteiger partial charge >= 0.3 is 6.09 Å². The normalized spacial score (nSPS) is 16.4. The Labute approximate surface area is 175 Å². The van der Waals surface area contributed by atoms with E-state index in [2.05, 4.69) is 23.2 Å². The van der Waals surface area contributed by atoms with E-state index in [0.29, 0.717) is 6.61 Å². The lowest BCUT2D eigenvalue weighted by Crippen LogP contribution is -2.38. The van der Waals surface area contributed by atoms with Crippen LogP contribution in [-0.4, -0.2) is 22.5 Å². The first-order chi connectivity index (χ1) is 14.3. The fraction of sp³-hybridized carbons (Fsp3) is 0.250. The molecule has 2 heterocycles. The van der Waals surface area contributed by atoms with Gasteiger partial charge in [-0.15, -0.1) is 0 Å². The van der Waals surface area contributed by atoms with E-state index in [1.807, 2.05) is 65.7 Å². The Hall–Kier alpha value is -2.79. The van der Waals surface area contributed by atoms with Gasteiger partial charge in [0, 0.05) is 17.6 Å². The van der Waals surface area contributed by atoms with Crippen LogP contribution in [0.4, 0.5) is 4.79 Å². The summed E-state index contributed by atoms with van der Waals surface area (Å²) in [5.74, 6) is 0. The van der Waals surface area contributed by atoms with Crippen LogP contribution in [0.1, 0.15) is 36.4 Å². The highest BCUT2D eigenvalue weighted by Crippen LogP contribution is 2.33. The molecule has 29 heavy (non-hydrogen) atoms. The zero-order chi connectivity index (χ0) is 19.9. The first-order valence-corrected chi connectivity index (χ1v) is 10.8. The maximum absolute atomic E-state index is 12.7.